The van der Waals surface area contributed by atoms with Crippen molar-refractivity contribution < 1.29 is 4.74 Å². The Morgan fingerprint density at radius 3 is 2.79 bits per heavy atom. The maximum Gasteiger partial charge on any atom is 0.158 e. The predicted octanol–water partition coefficient (Wildman–Crippen LogP) is 1.42. The number of nitriles is 1. The van der Waals surface area contributed by atoms with Gasteiger partial charge in [-0.25, -0.2) is 9.97 Å². The minimum Gasteiger partial charge on any atom is -0.490 e. The molecule has 19 heavy (non-hydrogen) atoms. The van der Waals surface area contributed by atoms with Crippen molar-refractivity contribution in [1.82, 2.24) is 9.97 Å². The fourth-order valence-corrected chi connectivity index (χ4v) is 1.43. The van der Waals surface area contributed by atoms with Crippen molar-refractivity contribution in [2.45, 2.75) is 0 Å². The van der Waals surface area contributed by atoms with Crippen LogP contribution in [0.25, 0.3) is 0 Å². The highest BCUT2D eigenvalue weighted by Crippen LogP contribution is 2.19. The number of hydrogen-bond acceptors (Lipinski definition) is 6. The molecule has 6 heteroatoms. The molecule has 0 saturated heterocycles. The molecule has 0 saturated carbocycles. The number of nitrogen functional groups attached to an aromatic ring is 1. The molecule has 2 aromatic rings. The number of nitrogens with zero attached hydrogens (tertiary/aromatic N) is 3. The van der Waals surface area contributed by atoms with Crippen LogP contribution in [0.5, 0.6) is 5.75 Å². The summed E-state index contributed by atoms with van der Waals surface area (Å²) in [6.07, 6.45) is 2.92. The first-order chi connectivity index (χ1) is 9.29. The molecule has 0 aliphatic rings. The summed E-state index contributed by atoms with van der Waals surface area (Å²) in [7, 11) is 0. The van der Waals surface area contributed by atoms with Crippen molar-refractivity contribution in [2.75, 3.05) is 24.2 Å². The highest BCUT2D eigenvalue weighted by atomic mass is 16.5. The molecule has 6 nitrogen and oxygen atoms in total. The van der Waals surface area contributed by atoms with Crippen molar-refractivity contribution in [3.8, 4) is 11.8 Å². The smallest absolute Gasteiger partial charge is 0.158 e. The first-order valence-electron chi connectivity index (χ1n) is 5.73. The Kier molecular flexibility index (Phi) is 4.13. The third-order valence-corrected chi connectivity index (χ3v) is 2.35. The van der Waals surface area contributed by atoms with Crippen LogP contribution in [0.2, 0.25) is 0 Å². The van der Waals surface area contributed by atoms with E-state index >= 15 is 0 Å². The van der Waals surface area contributed by atoms with Crippen LogP contribution < -0.4 is 15.8 Å². The third kappa shape index (κ3) is 3.57. The van der Waals surface area contributed by atoms with Crippen LogP contribution in [-0.4, -0.2) is 23.1 Å². The van der Waals surface area contributed by atoms with Gasteiger partial charge in [-0.2, -0.15) is 5.26 Å². The van der Waals surface area contributed by atoms with Crippen LogP contribution in [-0.2, 0) is 0 Å². The van der Waals surface area contributed by atoms with Gasteiger partial charge in [0.15, 0.2) is 5.69 Å². The van der Waals surface area contributed by atoms with Crippen LogP contribution in [0.4, 0.5) is 11.5 Å². The number of ether oxygens (including phenoxy) is 1. The zero-order valence-corrected chi connectivity index (χ0v) is 10.2. The Morgan fingerprint density at radius 2 is 2.11 bits per heavy atom. The van der Waals surface area contributed by atoms with E-state index in [1.807, 2.05) is 24.3 Å². The molecule has 0 aliphatic carbocycles. The molecule has 0 fully saturated rings. The van der Waals surface area contributed by atoms with Gasteiger partial charge >= 0.3 is 0 Å². The van der Waals surface area contributed by atoms with Gasteiger partial charge in [-0.1, -0.05) is 12.1 Å². The molecule has 1 aromatic heterocycles. The maximum absolute atomic E-state index is 8.59. The summed E-state index contributed by atoms with van der Waals surface area (Å²) < 4.78 is 5.52. The SMILES string of the molecule is N#Cc1cnc(NCCOc2ccccc2N)cn1. The van der Waals surface area contributed by atoms with Gasteiger partial charge in [0.05, 0.1) is 24.6 Å². The van der Waals surface area contributed by atoms with Gasteiger partial charge in [0.25, 0.3) is 0 Å². The quantitative estimate of drug-likeness (QED) is 0.619. The van der Waals surface area contributed by atoms with Crippen LogP contribution in [0.3, 0.4) is 0 Å². The minimum atomic E-state index is 0.291. The van der Waals surface area contributed by atoms with Crippen LogP contribution in [0.15, 0.2) is 36.7 Å². The molecular formula is C13H13N5O. The number of anilines is 2. The Bertz CT molecular complexity index is 576. The van der Waals surface area contributed by atoms with Gasteiger partial charge in [-0.3, -0.25) is 0 Å². The third-order valence-electron chi connectivity index (χ3n) is 2.35. The molecule has 2 rings (SSSR count). The fourth-order valence-electron chi connectivity index (χ4n) is 1.43. The number of hydrogen-bond donors (Lipinski definition) is 2. The standard InChI is InChI=1S/C13H13N5O/c14-7-10-8-18-13(9-17-10)16-5-6-19-12-4-2-1-3-11(12)15/h1-4,8-9H,5-6,15H2,(H,16,18). The van der Waals surface area contributed by atoms with Crippen molar-refractivity contribution >= 4 is 11.5 Å². The molecule has 1 aromatic carbocycles. The molecule has 0 atom stereocenters. The average molecular weight is 255 g/mol. The van der Waals surface area contributed by atoms with Crippen LogP contribution in [0, 0.1) is 11.3 Å². The summed E-state index contributed by atoms with van der Waals surface area (Å²) in [6, 6.07) is 9.23. The number of nitrogens with two attached hydrogens (primary N) is 1. The number of aromatic nitrogens is 2. The van der Waals surface area contributed by atoms with E-state index in [0.717, 1.165) is 0 Å². The van der Waals surface area contributed by atoms with Crippen molar-refractivity contribution in [3.05, 3.63) is 42.4 Å². The Hall–Kier alpha value is -2.81. The van der Waals surface area contributed by atoms with E-state index < -0.39 is 0 Å². The average Bonchev–Trinajstić information content (AvgIpc) is 2.46. The molecule has 3 N–H and O–H groups in total. The summed E-state index contributed by atoms with van der Waals surface area (Å²) in [5, 5.41) is 11.6. The van der Waals surface area contributed by atoms with Gasteiger partial charge in [0.2, 0.25) is 0 Å². The molecule has 0 bridgehead atoms. The first-order valence-corrected chi connectivity index (χ1v) is 5.73. The van der Waals surface area contributed by atoms with Crippen LogP contribution >= 0.6 is 0 Å². The summed E-state index contributed by atoms with van der Waals surface area (Å²) in [6.45, 7) is 1.02. The van der Waals surface area contributed by atoms with E-state index in [0.29, 0.717) is 36.1 Å². The zero-order valence-electron chi connectivity index (χ0n) is 10.2. The summed E-state index contributed by atoms with van der Waals surface area (Å²) in [5.74, 6) is 1.26. The van der Waals surface area contributed by atoms with E-state index in [2.05, 4.69) is 15.3 Å². The molecule has 0 aliphatic heterocycles. The molecule has 96 valence electrons. The van der Waals surface area contributed by atoms with Gasteiger partial charge < -0.3 is 15.8 Å². The van der Waals surface area contributed by atoms with Gasteiger partial charge in [-0.15, -0.1) is 0 Å². The van der Waals surface area contributed by atoms with E-state index in [9.17, 15) is 0 Å². The lowest BCUT2D eigenvalue weighted by atomic mass is 10.3. The lowest BCUT2D eigenvalue weighted by Gasteiger charge is -2.09. The number of benzene rings is 1. The lowest BCUT2D eigenvalue weighted by Crippen LogP contribution is -2.13. The van der Waals surface area contributed by atoms with Crippen molar-refractivity contribution in [1.29, 1.82) is 5.26 Å². The first kappa shape index (κ1) is 12.6. The number of rotatable bonds is 5. The van der Waals surface area contributed by atoms with E-state index in [1.54, 1.807) is 6.07 Å². The maximum atomic E-state index is 8.59. The number of para-hydroxylation sites is 2. The molecule has 0 unspecified atom stereocenters. The lowest BCUT2D eigenvalue weighted by molar-refractivity contribution is 0.334. The highest BCUT2D eigenvalue weighted by molar-refractivity contribution is 5.51. The summed E-state index contributed by atoms with van der Waals surface area (Å²) >= 11 is 0. The Labute approximate surface area is 110 Å². The topological polar surface area (TPSA) is 96.8 Å². The second-order valence-corrected chi connectivity index (χ2v) is 3.71. The van der Waals surface area contributed by atoms with Gasteiger partial charge in [-0.05, 0) is 12.1 Å². The van der Waals surface area contributed by atoms with E-state index in [4.69, 9.17) is 15.7 Å². The molecule has 0 spiro atoms. The molecule has 1 heterocycles. The van der Waals surface area contributed by atoms with Crippen molar-refractivity contribution in [2.24, 2.45) is 0 Å². The minimum absolute atomic E-state index is 0.291. The van der Waals surface area contributed by atoms with Gasteiger partial charge in [0.1, 0.15) is 24.2 Å². The number of nitrogens with one attached hydrogen (secondary N) is 1. The molecule has 0 radical (unpaired) electrons. The zero-order chi connectivity index (χ0) is 13.5. The Balaban J connectivity index is 1.78. The van der Waals surface area contributed by atoms with Gasteiger partial charge in [0, 0.05) is 0 Å². The fraction of sp³-hybridized carbons (Fsp3) is 0.154. The summed E-state index contributed by atoms with van der Waals surface area (Å²) in [4.78, 5) is 7.94. The second kappa shape index (κ2) is 6.21. The molecular weight excluding hydrogens is 242 g/mol. The summed E-state index contributed by atoms with van der Waals surface area (Å²) in [5.41, 5.74) is 6.65. The second-order valence-electron chi connectivity index (χ2n) is 3.71. The molecule has 0 amide bonds. The van der Waals surface area contributed by atoms with E-state index in [-0.39, 0.29) is 0 Å². The monoisotopic (exact) mass is 255 g/mol. The predicted molar refractivity (Wildman–Crippen MR) is 71.6 cm³/mol. The Morgan fingerprint density at radius 1 is 1.26 bits per heavy atom. The van der Waals surface area contributed by atoms with E-state index in [1.165, 1.54) is 12.4 Å². The van der Waals surface area contributed by atoms with Crippen molar-refractivity contribution in [3.63, 3.8) is 0 Å². The normalized spacial score (nSPS) is 9.63. The largest absolute Gasteiger partial charge is 0.490 e. The van der Waals surface area contributed by atoms with Crippen LogP contribution in [0.1, 0.15) is 5.69 Å². The highest BCUT2D eigenvalue weighted by Gasteiger charge is 1.99.